The minimum atomic E-state index is -3.52. The Bertz CT molecular complexity index is 1200. The molecule has 1 aliphatic heterocycles. The number of rotatable bonds is 6. The van der Waals surface area contributed by atoms with Crippen molar-refractivity contribution >= 4 is 49.5 Å². The Morgan fingerprint density at radius 3 is 2.47 bits per heavy atom. The Morgan fingerprint density at radius 1 is 1.12 bits per heavy atom. The number of nitrogens with zero attached hydrogens (tertiary/aromatic N) is 2. The second-order valence-electron chi connectivity index (χ2n) is 7.91. The first-order valence-corrected chi connectivity index (χ1v) is 13.5. The molecule has 170 valence electrons. The number of aromatic nitrogens is 1. The number of sulfone groups is 1. The van der Waals surface area contributed by atoms with Crippen molar-refractivity contribution < 1.29 is 13.2 Å². The molecular formula is C23H24Cl2N2O3S2. The summed E-state index contributed by atoms with van der Waals surface area (Å²) in [5.41, 5.74) is 2.88. The van der Waals surface area contributed by atoms with Crippen molar-refractivity contribution in [2.75, 3.05) is 25.1 Å². The SMILES string of the molecule is COc1ccc(Cc2csc(N3CCC(S(=O)(=O)c4cc(C)c(Cl)cc4Cl)CC3)n2)cc1. The molecule has 0 radical (unpaired) electrons. The molecule has 0 N–H and O–H groups in total. The number of hydrogen-bond acceptors (Lipinski definition) is 6. The van der Waals surface area contributed by atoms with Gasteiger partial charge in [-0.1, -0.05) is 35.3 Å². The van der Waals surface area contributed by atoms with E-state index < -0.39 is 15.1 Å². The van der Waals surface area contributed by atoms with Crippen LogP contribution in [-0.4, -0.2) is 38.9 Å². The standard InChI is InChI=1S/C23H24Cl2N2O3S2/c1-15-11-22(21(25)13-20(15)24)32(28,29)19-7-9-27(10-8-19)23-26-17(14-31-23)12-16-3-5-18(30-2)6-4-16/h3-6,11,13-14,19H,7-10,12H2,1-2H3. The van der Waals surface area contributed by atoms with Gasteiger partial charge in [0.2, 0.25) is 0 Å². The molecule has 1 saturated heterocycles. The summed E-state index contributed by atoms with van der Waals surface area (Å²) in [6, 6.07) is 11.1. The monoisotopic (exact) mass is 510 g/mol. The van der Waals surface area contributed by atoms with Crippen molar-refractivity contribution in [1.82, 2.24) is 4.98 Å². The lowest BCUT2D eigenvalue weighted by Gasteiger charge is -2.31. The van der Waals surface area contributed by atoms with Gasteiger partial charge in [0.1, 0.15) is 5.75 Å². The van der Waals surface area contributed by atoms with E-state index in [4.69, 9.17) is 32.9 Å². The van der Waals surface area contributed by atoms with Crippen LogP contribution in [0.4, 0.5) is 5.13 Å². The smallest absolute Gasteiger partial charge is 0.185 e. The first-order chi connectivity index (χ1) is 15.3. The van der Waals surface area contributed by atoms with E-state index in [1.54, 1.807) is 31.4 Å². The Labute approximate surface area is 202 Å². The molecule has 0 unspecified atom stereocenters. The molecule has 2 heterocycles. The molecule has 3 aromatic rings. The van der Waals surface area contributed by atoms with Crippen LogP contribution in [0.25, 0.3) is 0 Å². The van der Waals surface area contributed by atoms with Crippen LogP contribution < -0.4 is 9.64 Å². The van der Waals surface area contributed by atoms with E-state index >= 15 is 0 Å². The summed E-state index contributed by atoms with van der Waals surface area (Å²) in [6.07, 6.45) is 1.82. The van der Waals surface area contributed by atoms with E-state index in [2.05, 4.69) is 10.3 Å². The van der Waals surface area contributed by atoms with Gasteiger partial charge in [-0.2, -0.15) is 0 Å². The summed E-state index contributed by atoms with van der Waals surface area (Å²) in [4.78, 5) is 7.13. The second-order valence-corrected chi connectivity index (χ2v) is 11.8. The van der Waals surface area contributed by atoms with Gasteiger partial charge in [-0.05, 0) is 55.2 Å². The number of piperidine rings is 1. The first kappa shape index (κ1) is 23.4. The van der Waals surface area contributed by atoms with Crippen molar-refractivity contribution in [3.63, 3.8) is 0 Å². The van der Waals surface area contributed by atoms with Crippen LogP contribution in [0, 0.1) is 6.92 Å². The Kier molecular flexibility index (Phi) is 7.00. The number of hydrogen-bond donors (Lipinski definition) is 0. The van der Waals surface area contributed by atoms with Gasteiger partial charge in [0.25, 0.3) is 0 Å². The molecule has 0 saturated carbocycles. The summed E-state index contributed by atoms with van der Waals surface area (Å²) in [7, 11) is -1.87. The Morgan fingerprint density at radius 2 is 1.81 bits per heavy atom. The van der Waals surface area contributed by atoms with Crippen molar-refractivity contribution in [3.8, 4) is 5.75 Å². The molecule has 1 aliphatic rings. The predicted molar refractivity (Wildman–Crippen MR) is 132 cm³/mol. The highest BCUT2D eigenvalue weighted by molar-refractivity contribution is 7.92. The number of ether oxygens (including phenoxy) is 1. The molecule has 32 heavy (non-hydrogen) atoms. The third kappa shape index (κ3) is 4.91. The van der Waals surface area contributed by atoms with Gasteiger partial charge < -0.3 is 9.64 Å². The van der Waals surface area contributed by atoms with Gasteiger partial charge in [0, 0.05) is 29.9 Å². The van der Waals surface area contributed by atoms with Crippen LogP contribution in [0.15, 0.2) is 46.7 Å². The molecule has 0 atom stereocenters. The lowest BCUT2D eigenvalue weighted by Crippen LogP contribution is -2.39. The molecule has 0 amide bonds. The molecule has 9 heteroatoms. The summed E-state index contributed by atoms with van der Waals surface area (Å²) in [5, 5.41) is 3.20. The molecule has 0 aliphatic carbocycles. The largest absolute Gasteiger partial charge is 0.497 e. The van der Waals surface area contributed by atoms with E-state index in [0.29, 0.717) is 36.5 Å². The van der Waals surface area contributed by atoms with E-state index in [0.717, 1.165) is 23.0 Å². The fraction of sp³-hybridized carbons (Fsp3) is 0.348. The second kappa shape index (κ2) is 9.59. The zero-order chi connectivity index (χ0) is 22.9. The molecule has 4 rings (SSSR count). The van der Waals surface area contributed by atoms with Crippen molar-refractivity contribution in [2.24, 2.45) is 0 Å². The zero-order valence-electron chi connectivity index (χ0n) is 17.8. The Hall–Kier alpha value is -1.80. The fourth-order valence-corrected chi connectivity index (χ4v) is 7.31. The average Bonchev–Trinajstić information content (AvgIpc) is 3.25. The maximum absolute atomic E-state index is 13.2. The number of thiazole rings is 1. The third-order valence-electron chi connectivity index (χ3n) is 5.75. The van der Waals surface area contributed by atoms with Gasteiger partial charge in [0.05, 0.1) is 28.0 Å². The van der Waals surface area contributed by atoms with E-state index in [9.17, 15) is 8.42 Å². The van der Waals surface area contributed by atoms with Gasteiger partial charge in [-0.3, -0.25) is 0 Å². The van der Waals surface area contributed by atoms with E-state index in [-0.39, 0.29) is 9.92 Å². The summed E-state index contributed by atoms with van der Waals surface area (Å²) >= 11 is 13.9. The molecule has 1 fully saturated rings. The van der Waals surface area contributed by atoms with E-state index in [1.165, 1.54) is 11.6 Å². The molecule has 0 spiro atoms. The van der Waals surface area contributed by atoms with Crippen LogP contribution in [0.1, 0.15) is 29.7 Å². The maximum Gasteiger partial charge on any atom is 0.185 e. The summed E-state index contributed by atoms with van der Waals surface area (Å²) in [6.45, 7) is 3.07. The van der Waals surface area contributed by atoms with Gasteiger partial charge in [0.15, 0.2) is 15.0 Å². The lowest BCUT2D eigenvalue weighted by atomic mass is 10.1. The average molecular weight is 511 g/mol. The van der Waals surface area contributed by atoms with Crippen molar-refractivity contribution in [2.45, 2.75) is 36.3 Å². The minimum absolute atomic E-state index is 0.176. The van der Waals surface area contributed by atoms with Crippen LogP contribution in [0.3, 0.4) is 0 Å². The molecule has 5 nitrogen and oxygen atoms in total. The summed E-state index contributed by atoms with van der Waals surface area (Å²) in [5.74, 6) is 0.834. The van der Waals surface area contributed by atoms with Gasteiger partial charge in [-0.15, -0.1) is 11.3 Å². The fourth-order valence-electron chi connectivity index (χ4n) is 3.86. The summed E-state index contributed by atoms with van der Waals surface area (Å²) < 4.78 is 31.6. The highest BCUT2D eigenvalue weighted by atomic mass is 35.5. The quantitative estimate of drug-likeness (QED) is 0.419. The zero-order valence-corrected chi connectivity index (χ0v) is 21.0. The predicted octanol–water partition coefficient (Wildman–Crippen LogP) is 5.80. The molecule has 2 aromatic carbocycles. The molecular weight excluding hydrogens is 487 g/mol. The van der Waals surface area contributed by atoms with Crippen LogP contribution in [0.5, 0.6) is 5.75 Å². The maximum atomic E-state index is 13.2. The number of aryl methyl sites for hydroxylation is 1. The lowest BCUT2D eigenvalue weighted by molar-refractivity contribution is 0.414. The first-order valence-electron chi connectivity index (χ1n) is 10.3. The number of methoxy groups -OCH3 is 1. The number of halogens is 2. The van der Waals surface area contributed by atoms with Crippen LogP contribution in [0.2, 0.25) is 10.0 Å². The third-order valence-corrected chi connectivity index (χ3v) is 9.84. The number of benzene rings is 2. The van der Waals surface area contributed by atoms with Gasteiger partial charge in [-0.25, -0.2) is 13.4 Å². The topological polar surface area (TPSA) is 59.5 Å². The number of anilines is 1. The van der Waals surface area contributed by atoms with Gasteiger partial charge >= 0.3 is 0 Å². The Balaban J connectivity index is 1.41. The highest BCUT2D eigenvalue weighted by Crippen LogP contribution is 2.34. The van der Waals surface area contributed by atoms with Crippen molar-refractivity contribution in [3.05, 3.63) is 68.6 Å². The normalized spacial score (nSPS) is 15.2. The van der Waals surface area contributed by atoms with E-state index in [1.807, 2.05) is 24.3 Å². The minimum Gasteiger partial charge on any atom is -0.497 e. The van der Waals surface area contributed by atoms with Crippen LogP contribution >= 0.6 is 34.5 Å². The van der Waals surface area contributed by atoms with Crippen LogP contribution in [-0.2, 0) is 16.3 Å². The molecule has 0 bridgehead atoms. The van der Waals surface area contributed by atoms with Crippen molar-refractivity contribution in [1.29, 1.82) is 0 Å². The molecule has 1 aromatic heterocycles. The highest BCUT2D eigenvalue weighted by Gasteiger charge is 2.33.